The first-order valence-electron chi connectivity index (χ1n) is 7.49. The second-order valence-corrected chi connectivity index (χ2v) is 6.32. The van der Waals surface area contributed by atoms with E-state index in [1.165, 1.54) is 29.0 Å². The van der Waals surface area contributed by atoms with Crippen LogP contribution in [0.3, 0.4) is 0 Å². The van der Waals surface area contributed by atoms with Crippen LogP contribution in [0.5, 0.6) is 0 Å². The molecular formula is C8H20B10Si. The van der Waals surface area contributed by atoms with Crippen LogP contribution in [-0.4, -0.2) is 79.9 Å². The van der Waals surface area contributed by atoms with Crippen molar-refractivity contribution in [1.29, 1.82) is 0 Å². The molecular weight excluding hydrogens is 232 g/mol. The Hall–Kier alpha value is 0.606. The van der Waals surface area contributed by atoms with Crippen LogP contribution in [0.2, 0.25) is 32.3 Å². The largest absolute Gasteiger partial charge is 0.104 e. The lowest BCUT2D eigenvalue weighted by Gasteiger charge is -2.22. The van der Waals surface area contributed by atoms with Crippen LogP contribution in [0, 0.1) is 0 Å². The summed E-state index contributed by atoms with van der Waals surface area (Å²) >= 11 is 0. The second-order valence-electron chi connectivity index (χ2n) is 5.32. The van der Waals surface area contributed by atoms with Crippen LogP contribution in [0.1, 0.15) is 6.42 Å². The molecule has 0 rings (SSSR count). The number of hydrogen-bond acceptors (Lipinski definition) is 0. The van der Waals surface area contributed by atoms with E-state index in [1.807, 2.05) is 27.3 Å². The summed E-state index contributed by atoms with van der Waals surface area (Å²) in [6, 6.07) is 1.42. The summed E-state index contributed by atoms with van der Waals surface area (Å²) < 4.78 is 0. The molecule has 0 aromatic rings. The van der Waals surface area contributed by atoms with Gasteiger partial charge in [0.25, 0.3) is 0 Å². The first kappa shape index (κ1) is 19.6. The van der Waals surface area contributed by atoms with Crippen molar-refractivity contribution < 1.29 is 0 Å². The van der Waals surface area contributed by atoms with E-state index in [4.69, 9.17) is 7.74 Å². The Kier molecular flexibility index (Phi) is 14.0. The van der Waals surface area contributed by atoms with Crippen LogP contribution >= 0.6 is 0 Å². The van der Waals surface area contributed by atoms with Gasteiger partial charge in [0, 0.05) is 60.3 Å². The Morgan fingerprint density at radius 1 is 1.21 bits per heavy atom. The maximum absolute atomic E-state index is 5.29. The van der Waals surface area contributed by atoms with Gasteiger partial charge in [0.1, 0.15) is 0 Å². The Morgan fingerprint density at radius 3 is 2.47 bits per heavy atom. The van der Waals surface area contributed by atoms with E-state index >= 15 is 0 Å². The fourth-order valence-corrected chi connectivity index (χ4v) is 2.68. The van der Waals surface area contributed by atoms with Crippen molar-refractivity contribution in [2.75, 3.05) is 0 Å². The highest BCUT2D eigenvalue weighted by molar-refractivity contribution is 7.75. The van der Waals surface area contributed by atoms with Crippen LogP contribution in [0.4, 0.5) is 0 Å². The molecule has 0 aliphatic carbocycles. The standard InChI is InChI=1S/C8H20B10Si/c1-4-6-18(15-14-13-12-11-10-9)17(3)16(2)7-5-8-19/h4H,1,5-8H2,2-3,19H3. The Balaban J connectivity index is 4.02. The second kappa shape index (κ2) is 13.6. The Labute approximate surface area is 131 Å². The van der Waals surface area contributed by atoms with E-state index in [-0.39, 0.29) is 0 Å². The highest BCUT2D eigenvalue weighted by Gasteiger charge is 2.28. The maximum atomic E-state index is 5.29. The summed E-state index contributed by atoms with van der Waals surface area (Å²) in [5.41, 5.74) is 0. The van der Waals surface area contributed by atoms with E-state index in [1.54, 1.807) is 7.06 Å². The van der Waals surface area contributed by atoms with Gasteiger partial charge in [-0.3, -0.25) is 0 Å². The van der Waals surface area contributed by atoms with Gasteiger partial charge in [-0.1, -0.05) is 38.8 Å². The third-order valence-corrected chi connectivity index (χ3v) is 4.53. The van der Waals surface area contributed by atoms with E-state index in [2.05, 4.69) is 34.3 Å². The molecule has 0 fully saturated rings. The molecule has 0 aliphatic rings. The average molecular weight is 252 g/mol. The quantitative estimate of drug-likeness (QED) is 0.215. The number of rotatable bonds is 13. The van der Waals surface area contributed by atoms with Crippen molar-refractivity contribution in [2.45, 2.75) is 38.8 Å². The molecule has 0 saturated carbocycles. The summed E-state index contributed by atoms with van der Waals surface area (Å²) in [6.07, 6.45) is 5.85. The third kappa shape index (κ3) is 10.0. The van der Waals surface area contributed by atoms with Gasteiger partial charge in [-0.15, -0.1) is 12.7 Å². The van der Waals surface area contributed by atoms with E-state index in [9.17, 15) is 0 Å². The smallest absolute Gasteiger partial charge is 0.0965 e. The summed E-state index contributed by atoms with van der Waals surface area (Å²) in [4.78, 5) is 0. The molecule has 0 heterocycles. The number of hydrogen-bond donors (Lipinski definition) is 0. The van der Waals surface area contributed by atoms with Crippen molar-refractivity contribution >= 4 is 79.9 Å². The molecule has 11 heteroatoms. The lowest BCUT2D eigenvalue weighted by atomic mass is 8.75. The minimum absolute atomic E-state index is 0.591. The van der Waals surface area contributed by atoms with E-state index < -0.39 is 0 Å². The average Bonchev–Trinajstić information content (AvgIpc) is 2.42. The van der Waals surface area contributed by atoms with E-state index in [0.717, 1.165) is 12.9 Å². The van der Waals surface area contributed by atoms with E-state index in [0.29, 0.717) is 13.0 Å². The molecule has 86 valence electrons. The highest BCUT2D eigenvalue weighted by atomic mass is 28.1. The SMILES string of the molecule is [B][B][B][B][B][B][B]B(CC=C)B(C)B(C)CCC[SiH3]. The molecule has 0 aromatic heterocycles. The molecule has 0 unspecified atom stereocenters. The molecule has 0 aliphatic heterocycles. The van der Waals surface area contributed by atoms with Gasteiger partial charge in [0.2, 0.25) is 0 Å². The van der Waals surface area contributed by atoms with Crippen molar-refractivity contribution in [1.82, 2.24) is 0 Å². The predicted molar refractivity (Wildman–Crippen MR) is 108 cm³/mol. The van der Waals surface area contributed by atoms with Crippen molar-refractivity contribution in [3.63, 3.8) is 0 Å². The normalized spacial score (nSPS) is 9.16. The highest BCUT2D eigenvalue weighted by Crippen LogP contribution is 2.08. The third-order valence-electron chi connectivity index (χ3n) is 3.83. The zero-order valence-electron chi connectivity index (χ0n) is 12.9. The van der Waals surface area contributed by atoms with Crippen LogP contribution in [0.25, 0.3) is 0 Å². The molecule has 8 radical (unpaired) electrons. The molecule has 19 heavy (non-hydrogen) atoms. The summed E-state index contributed by atoms with van der Waals surface area (Å²) in [5.74, 6) is 0. The minimum Gasteiger partial charge on any atom is -0.104 e. The van der Waals surface area contributed by atoms with Crippen molar-refractivity contribution in [3.05, 3.63) is 12.7 Å². The molecule has 0 atom stereocenters. The molecule has 0 N–H and O–H groups in total. The summed E-state index contributed by atoms with van der Waals surface area (Å²) in [5, 5.41) is 0. The van der Waals surface area contributed by atoms with Crippen LogP contribution in [-0.2, 0) is 0 Å². The van der Waals surface area contributed by atoms with Crippen molar-refractivity contribution in [3.8, 4) is 0 Å². The zero-order chi connectivity index (χ0) is 14.5. The Bertz CT molecular complexity index is 218. The zero-order valence-corrected chi connectivity index (χ0v) is 14.9. The fraction of sp³-hybridized carbons (Fsp3) is 0.750. The van der Waals surface area contributed by atoms with Crippen LogP contribution < -0.4 is 0 Å². The molecule has 0 saturated heterocycles. The van der Waals surface area contributed by atoms with Crippen molar-refractivity contribution in [2.24, 2.45) is 0 Å². The molecule has 0 bridgehead atoms. The van der Waals surface area contributed by atoms with Gasteiger partial charge < -0.3 is 0 Å². The Morgan fingerprint density at radius 2 is 1.89 bits per heavy atom. The fourth-order valence-electron chi connectivity index (χ4n) is 2.27. The van der Waals surface area contributed by atoms with Gasteiger partial charge in [-0.2, -0.15) is 0 Å². The molecule has 0 spiro atoms. The van der Waals surface area contributed by atoms with Gasteiger partial charge >= 0.3 is 0 Å². The monoisotopic (exact) mass is 254 g/mol. The predicted octanol–water partition coefficient (Wildman–Crippen LogP) is -1.37. The first-order valence-corrected chi connectivity index (χ1v) is 8.91. The molecule has 0 aromatic carbocycles. The number of allylic oxidation sites excluding steroid dienone is 1. The molecule has 0 amide bonds. The van der Waals surface area contributed by atoms with Gasteiger partial charge in [0.05, 0.1) is 19.6 Å². The van der Waals surface area contributed by atoms with Crippen LogP contribution in [0.15, 0.2) is 12.7 Å². The minimum atomic E-state index is 0.591. The molecule has 0 nitrogen and oxygen atoms in total. The van der Waals surface area contributed by atoms with Gasteiger partial charge in [0.15, 0.2) is 0 Å². The summed E-state index contributed by atoms with van der Waals surface area (Å²) in [7, 11) is 18.4. The first-order chi connectivity index (χ1) is 9.17. The maximum Gasteiger partial charge on any atom is 0.0965 e. The topological polar surface area (TPSA) is 0 Å². The lowest BCUT2D eigenvalue weighted by Crippen LogP contribution is -2.51. The lowest BCUT2D eigenvalue weighted by molar-refractivity contribution is 1.07. The van der Waals surface area contributed by atoms with Gasteiger partial charge in [-0.05, 0) is 0 Å². The summed E-state index contributed by atoms with van der Waals surface area (Å²) in [6.45, 7) is 10.7. The van der Waals surface area contributed by atoms with Gasteiger partial charge in [-0.25, -0.2) is 0 Å².